The van der Waals surface area contributed by atoms with Gasteiger partial charge in [0.25, 0.3) is 0 Å². The Morgan fingerprint density at radius 2 is 1.55 bits per heavy atom. The lowest BCUT2D eigenvalue weighted by Gasteiger charge is -2.18. The van der Waals surface area contributed by atoms with Crippen molar-refractivity contribution in [3.63, 3.8) is 0 Å². The van der Waals surface area contributed by atoms with Crippen molar-refractivity contribution in [2.75, 3.05) is 0 Å². The highest BCUT2D eigenvalue weighted by Gasteiger charge is 2.16. The van der Waals surface area contributed by atoms with Crippen LogP contribution in [0.4, 0.5) is 0 Å². The van der Waals surface area contributed by atoms with E-state index in [2.05, 4.69) is 52.0 Å². The van der Waals surface area contributed by atoms with Gasteiger partial charge in [0.15, 0.2) is 0 Å². The van der Waals surface area contributed by atoms with Crippen molar-refractivity contribution in [3.05, 3.63) is 47.8 Å². The van der Waals surface area contributed by atoms with E-state index in [9.17, 15) is 0 Å². The number of rotatable bonds is 4. The molecule has 0 atom stereocenters. The molecular weight excluding hydrogens is 244 g/mol. The van der Waals surface area contributed by atoms with Crippen LogP contribution in [0.3, 0.4) is 0 Å². The SMILES string of the molecule is CCCCc1cccc(-c2cccc(C(C)(C)C)n2)n1. The largest absolute Gasteiger partial charge is 0.251 e. The summed E-state index contributed by atoms with van der Waals surface area (Å²) in [5.74, 6) is 0. The van der Waals surface area contributed by atoms with Crippen molar-refractivity contribution in [2.45, 2.75) is 52.4 Å². The maximum atomic E-state index is 4.77. The molecule has 0 radical (unpaired) electrons. The third-order valence-electron chi connectivity index (χ3n) is 3.37. The molecule has 0 fully saturated rings. The van der Waals surface area contributed by atoms with Crippen LogP contribution in [-0.2, 0) is 11.8 Å². The van der Waals surface area contributed by atoms with Gasteiger partial charge in [-0.3, -0.25) is 9.97 Å². The number of hydrogen-bond acceptors (Lipinski definition) is 2. The highest BCUT2D eigenvalue weighted by atomic mass is 14.8. The van der Waals surface area contributed by atoms with Crippen molar-refractivity contribution in [2.24, 2.45) is 0 Å². The highest BCUT2D eigenvalue weighted by molar-refractivity contribution is 5.54. The minimum absolute atomic E-state index is 0.0653. The monoisotopic (exact) mass is 268 g/mol. The first-order valence-corrected chi connectivity index (χ1v) is 7.44. The van der Waals surface area contributed by atoms with Gasteiger partial charge >= 0.3 is 0 Å². The van der Waals surface area contributed by atoms with Gasteiger partial charge in [-0.1, -0.05) is 46.2 Å². The van der Waals surface area contributed by atoms with Crippen molar-refractivity contribution in [1.29, 1.82) is 0 Å². The summed E-state index contributed by atoms with van der Waals surface area (Å²) in [7, 11) is 0. The average Bonchev–Trinajstić information content (AvgIpc) is 2.45. The zero-order chi connectivity index (χ0) is 14.6. The first-order valence-electron chi connectivity index (χ1n) is 7.44. The molecule has 0 aliphatic carbocycles. The number of unbranched alkanes of at least 4 members (excludes halogenated alkanes) is 1. The molecule has 2 aromatic rings. The molecule has 0 saturated heterocycles. The minimum Gasteiger partial charge on any atom is -0.251 e. The molecule has 20 heavy (non-hydrogen) atoms. The molecule has 0 aliphatic heterocycles. The van der Waals surface area contributed by atoms with Crippen molar-refractivity contribution in [1.82, 2.24) is 9.97 Å². The molecule has 0 spiro atoms. The Morgan fingerprint density at radius 1 is 0.900 bits per heavy atom. The molecule has 2 heteroatoms. The van der Waals surface area contributed by atoms with Gasteiger partial charge in [0.05, 0.1) is 11.4 Å². The molecule has 2 aromatic heterocycles. The van der Waals surface area contributed by atoms with Crippen LogP contribution in [0.15, 0.2) is 36.4 Å². The quantitative estimate of drug-likeness (QED) is 0.797. The standard InChI is InChI=1S/C18H24N2/c1-5-6-9-14-10-7-11-15(19-14)16-12-8-13-17(20-16)18(2,3)4/h7-8,10-13H,5-6,9H2,1-4H3. The number of aromatic nitrogens is 2. The Balaban J connectivity index is 2.32. The summed E-state index contributed by atoms with van der Waals surface area (Å²) in [6.07, 6.45) is 3.43. The van der Waals surface area contributed by atoms with Crippen LogP contribution in [0.2, 0.25) is 0 Å². The third kappa shape index (κ3) is 3.66. The molecule has 0 amide bonds. The second-order valence-corrected chi connectivity index (χ2v) is 6.28. The van der Waals surface area contributed by atoms with Gasteiger partial charge in [0.1, 0.15) is 0 Å². The fourth-order valence-electron chi connectivity index (χ4n) is 2.11. The Hall–Kier alpha value is -1.70. The van der Waals surface area contributed by atoms with Gasteiger partial charge in [0, 0.05) is 16.8 Å². The van der Waals surface area contributed by atoms with Gasteiger partial charge in [-0.25, -0.2) is 0 Å². The fraction of sp³-hybridized carbons (Fsp3) is 0.444. The molecule has 0 aliphatic rings. The average molecular weight is 268 g/mol. The molecule has 2 rings (SSSR count). The van der Waals surface area contributed by atoms with Gasteiger partial charge < -0.3 is 0 Å². The van der Waals surface area contributed by atoms with Crippen LogP contribution in [0, 0.1) is 0 Å². The van der Waals surface area contributed by atoms with E-state index in [1.165, 1.54) is 12.8 Å². The zero-order valence-electron chi connectivity index (χ0n) is 13.0. The van der Waals surface area contributed by atoms with E-state index in [4.69, 9.17) is 9.97 Å². The lowest BCUT2D eigenvalue weighted by Crippen LogP contribution is -2.13. The van der Waals surface area contributed by atoms with E-state index in [1.54, 1.807) is 0 Å². The van der Waals surface area contributed by atoms with Crippen LogP contribution in [0.1, 0.15) is 51.9 Å². The lowest BCUT2D eigenvalue weighted by molar-refractivity contribution is 0.569. The maximum absolute atomic E-state index is 4.77. The van der Waals surface area contributed by atoms with E-state index in [0.717, 1.165) is 29.2 Å². The van der Waals surface area contributed by atoms with Crippen molar-refractivity contribution < 1.29 is 0 Å². The normalized spacial score (nSPS) is 11.6. The van der Waals surface area contributed by atoms with E-state index in [0.29, 0.717) is 0 Å². The first kappa shape index (κ1) is 14.7. The third-order valence-corrected chi connectivity index (χ3v) is 3.37. The summed E-state index contributed by atoms with van der Waals surface area (Å²) in [6.45, 7) is 8.76. The summed E-state index contributed by atoms with van der Waals surface area (Å²) in [6, 6.07) is 12.4. The lowest BCUT2D eigenvalue weighted by atomic mass is 9.91. The van der Waals surface area contributed by atoms with Crippen LogP contribution in [0.5, 0.6) is 0 Å². The summed E-state index contributed by atoms with van der Waals surface area (Å²) in [5.41, 5.74) is 4.28. The predicted octanol–water partition coefficient (Wildman–Crippen LogP) is 4.78. The van der Waals surface area contributed by atoms with Gasteiger partial charge in [-0.15, -0.1) is 0 Å². The maximum Gasteiger partial charge on any atom is 0.0889 e. The van der Waals surface area contributed by atoms with Crippen molar-refractivity contribution in [3.8, 4) is 11.4 Å². The molecular formula is C18H24N2. The molecule has 0 unspecified atom stereocenters. The molecule has 106 valence electrons. The summed E-state index contributed by atoms with van der Waals surface area (Å²) in [4.78, 5) is 9.51. The Morgan fingerprint density at radius 3 is 2.20 bits per heavy atom. The summed E-state index contributed by atoms with van der Waals surface area (Å²) in [5, 5.41) is 0. The smallest absolute Gasteiger partial charge is 0.0889 e. The number of pyridine rings is 2. The van der Waals surface area contributed by atoms with E-state index in [-0.39, 0.29) is 5.41 Å². The van der Waals surface area contributed by atoms with Crippen LogP contribution < -0.4 is 0 Å². The zero-order valence-corrected chi connectivity index (χ0v) is 13.0. The second kappa shape index (κ2) is 6.17. The molecule has 0 aromatic carbocycles. The Kier molecular flexibility index (Phi) is 4.53. The first-order chi connectivity index (χ1) is 9.50. The molecule has 2 heterocycles. The van der Waals surface area contributed by atoms with Crippen molar-refractivity contribution >= 4 is 0 Å². The van der Waals surface area contributed by atoms with E-state index >= 15 is 0 Å². The molecule has 0 saturated carbocycles. The minimum atomic E-state index is 0.0653. The predicted molar refractivity (Wildman–Crippen MR) is 84.8 cm³/mol. The topological polar surface area (TPSA) is 25.8 Å². The summed E-state index contributed by atoms with van der Waals surface area (Å²) >= 11 is 0. The van der Waals surface area contributed by atoms with E-state index < -0.39 is 0 Å². The number of aryl methyl sites for hydroxylation is 1. The van der Waals surface area contributed by atoms with E-state index in [1.807, 2.05) is 12.1 Å². The van der Waals surface area contributed by atoms with Gasteiger partial charge in [-0.05, 0) is 37.1 Å². The van der Waals surface area contributed by atoms with Crippen LogP contribution in [0.25, 0.3) is 11.4 Å². The molecule has 0 bridgehead atoms. The van der Waals surface area contributed by atoms with Gasteiger partial charge in [-0.2, -0.15) is 0 Å². The molecule has 2 nitrogen and oxygen atoms in total. The van der Waals surface area contributed by atoms with Gasteiger partial charge in [0.2, 0.25) is 0 Å². The highest BCUT2D eigenvalue weighted by Crippen LogP contribution is 2.23. The van der Waals surface area contributed by atoms with Crippen LogP contribution in [-0.4, -0.2) is 9.97 Å². The molecule has 0 N–H and O–H groups in total. The number of nitrogens with zero attached hydrogens (tertiary/aromatic N) is 2. The van der Waals surface area contributed by atoms with Crippen LogP contribution >= 0.6 is 0 Å². The Labute approximate surface area is 122 Å². The summed E-state index contributed by atoms with van der Waals surface area (Å²) < 4.78 is 0. The second-order valence-electron chi connectivity index (χ2n) is 6.28. The number of hydrogen-bond donors (Lipinski definition) is 0. The fourth-order valence-corrected chi connectivity index (χ4v) is 2.11. The Bertz CT molecular complexity index is 568.